The summed E-state index contributed by atoms with van der Waals surface area (Å²) in [7, 11) is 0. The topological polar surface area (TPSA) is 260 Å². The molecule has 3 aliphatic rings. The fourth-order valence-electron chi connectivity index (χ4n) is 5.90. The number of nitrogen functional groups attached to an aromatic ring is 1. The first-order valence-corrected chi connectivity index (χ1v) is 17.6. The number of anilines is 1. The number of phenolic OH excluding ortho intramolecular Hbond substituents is 2. The molecule has 0 saturated carbocycles. The monoisotopic (exact) mass is 773 g/mol. The van der Waals surface area contributed by atoms with Crippen molar-refractivity contribution in [2.24, 2.45) is 5.16 Å². The molecule has 0 bridgehead atoms. The van der Waals surface area contributed by atoms with Gasteiger partial charge in [-0.05, 0) is 26.0 Å². The number of aliphatic carboxylic acids is 2. The third-order valence-electron chi connectivity index (χ3n) is 8.62. The number of carboxylic acids is 2. The summed E-state index contributed by atoms with van der Waals surface area (Å²) in [6.07, 6.45) is 1.73. The molecule has 2 atom stereocenters. The number of aromatic nitrogens is 1. The maximum Gasteiger partial charge on any atom is 1.00 e. The summed E-state index contributed by atoms with van der Waals surface area (Å²) < 4.78 is 0.438. The molecule has 2 saturated heterocycles. The molecule has 51 heavy (non-hydrogen) atoms. The van der Waals surface area contributed by atoms with Gasteiger partial charge >= 0.3 is 29.6 Å². The fourth-order valence-corrected chi connectivity index (χ4v) is 8.03. The van der Waals surface area contributed by atoms with Crippen molar-refractivity contribution in [1.82, 2.24) is 20.5 Å². The maximum absolute atomic E-state index is 13.4. The molecule has 3 amide bonds. The van der Waals surface area contributed by atoms with Crippen LogP contribution in [0, 0.1) is 0 Å². The summed E-state index contributed by atoms with van der Waals surface area (Å²) in [5, 5.41) is 52.8. The number of fused-ring (bicyclic) bond motifs is 1. The van der Waals surface area contributed by atoms with Gasteiger partial charge in [-0.3, -0.25) is 19.3 Å². The fraction of sp³-hybridized carbons (Fsp3) is 0.433. The average molecular weight is 774 g/mol. The van der Waals surface area contributed by atoms with E-state index in [1.807, 2.05) is 0 Å². The number of nitrogens with one attached hydrogen (secondary N) is 2. The number of β-lactam (4-membered cyclic amide) rings is 1. The summed E-state index contributed by atoms with van der Waals surface area (Å²) in [5.41, 5.74) is 3.49. The van der Waals surface area contributed by atoms with E-state index in [9.17, 15) is 44.4 Å². The van der Waals surface area contributed by atoms with Gasteiger partial charge in [0, 0.05) is 29.5 Å². The number of carbonyl (C=O) groups excluding carboxylic acids is 5. The van der Waals surface area contributed by atoms with Crippen LogP contribution in [0.2, 0.25) is 5.02 Å². The van der Waals surface area contributed by atoms with E-state index in [2.05, 4.69) is 20.8 Å². The predicted molar refractivity (Wildman–Crippen MR) is 176 cm³/mol. The number of carbonyl (C=O) groups is 5. The second kappa shape index (κ2) is 16.0. The number of nitrogens with two attached hydrogens (primary N) is 1. The van der Waals surface area contributed by atoms with Crippen LogP contribution in [-0.2, 0) is 24.0 Å². The van der Waals surface area contributed by atoms with Crippen LogP contribution in [0.25, 0.3) is 0 Å². The largest absolute Gasteiger partial charge is 1.00 e. The first-order valence-electron chi connectivity index (χ1n) is 15.3. The van der Waals surface area contributed by atoms with Crippen molar-refractivity contribution in [3.8, 4) is 11.5 Å². The first-order chi connectivity index (χ1) is 23.5. The number of thioether (sulfide) groups is 1. The molecule has 4 heterocycles. The van der Waals surface area contributed by atoms with E-state index in [1.54, 1.807) is 0 Å². The number of nitrogens with zero attached hydrogens (tertiary/aromatic N) is 4. The number of oxime groups is 1. The quantitative estimate of drug-likeness (QED) is 0.0322. The van der Waals surface area contributed by atoms with Crippen LogP contribution in [0.5, 0.6) is 11.5 Å². The zero-order chi connectivity index (χ0) is 36.5. The molecule has 1 aromatic heterocycles. The van der Waals surface area contributed by atoms with Crippen molar-refractivity contribution in [2.45, 2.75) is 43.7 Å². The van der Waals surface area contributed by atoms with Crippen LogP contribution in [-0.4, -0.2) is 115 Å². The maximum atomic E-state index is 13.4. The van der Waals surface area contributed by atoms with Gasteiger partial charge in [0.05, 0.1) is 54.4 Å². The van der Waals surface area contributed by atoms with E-state index >= 15 is 0 Å². The minimum atomic E-state index is -1.91. The van der Waals surface area contributed by atoms with E-state index in [-0.39, 0.29) is 75.5 Å². The number of amides is 3. The number of carboxylic acid groups (broad SMARTS) is 2. The van der Waals surface area contributed by atoms with Crippen LogP contribution in [0.3, 0.4) is 0 Å². The van der Waals surface area contributed by atoms with Crippen molar-refractivity contribution in [3.05, 3.63) is 45.1 Å². The second-order valence-corrected chi connectivity index (χ2v) is 14.8. The Morgan fingerprint density at radius 2 is 1.90 bits per heavy atom. The first kappa shape index (κ1) is 40.2. The van der Waals surface area contributed by atoms with Crippen molar-refractivity contribution in [2.75, 3.05) is 44.2 Å². The van der Waals surface area contributed by atoms with Gasteiger partial charge < -0.3 is 55.7 Å². The van der Waals surface area contributed by atoms with Gasteiger partial charge in [-0.2, -0.15) is 0 Å². The molecular formula is C30H33ClN7NaO10S2. The standard InChI is InChI=1S/C30H34ClN7O10S2.Na/c1-30(2,28(46)47)48-36-19(16-13-50-29(32)34-16)24(42)35-20-25(43)37-21(27(44)45)14(12-49-26(20)37)11-38(8-3-4-9-38)10-7-33-23(41)15-5-6-17(39)22(40)18(15)31;/h5-6,13,20,26H,3-4,7-12H2,1-2H3,(H7-,32,33,34,35,36,39,40,41,42,44,45,46,47);/q;+1/p-1/t20-,26-;/m1./s1. The van der Waals surface area contributed by atoms with E-state index in [4.69, 9.17) is 22.2 Å². The Hall–Kier alpha value is -3.59. The normalized spacial score (nSPS) is 19.8. The van der Waals surface area contributed by atoms with Gasteiger partial charge in [-0.15, -0.1) is 23.1 Å². The minimum absolute atomic E-state index is 0. The van der Waals surface area contributed by atoms with Gasteiger partial charge in [-0.1, -0.05) is 16.8 Å². The number of hydrogen-bond donors (Lipinski definition) is 5. The molecule has 268 valence electrons. The number of quaternary nitrogens is 1. The van der Waals surface area contributed by atoms with Gasteiger partial charge in [-0.25, -0.2) is 4.98 Å². The van der Waals surface area contributed by atoms with Crippen molar-refractivity contribution >= 4 is 75.2 Å². The smallest absolute Gasteiger partial charge is 0.546 e. The van der Waals surface area contributed by atoms with Crippen LogP contribution in [0.1, 0.15) is 42.7 Å². The Labute approximate surface area is 326 Å². The number of hydrogen-bond acceptors (Lipinski definition) is 15. The number of rotatable bonds is 13. The number of phenols is 2. The Kier molecular flexibility index (Phi) is 12.6. The van der Waals surface area contributed by atoms with Crippen LogP contribution >= 0.6 is 34.7 Å². The molecule has 6 N–H and O–H groups in total. The van der Waals surface area contributed by atoms with E-state index in [1.165, 1.54) is 37.1 Å². The molecule has 1 aromatic carbocycles. The van der Waals surface area contributed by atoms with Crippen molar-refractivity contribution < 1.29 is 83.3 Å². The molecule has 5 rings (SSSR count). The van der Waals surface area contributed by atoms with Gasteiger partial charge in [0.25, 0.3) is 17.7 Å². The molecular weight excluding hydrogens is 741 g/mol. The number of aromatic hydroxyl groups is 2. The van der Waals surface area contributed by atoms with Gasteiger partial charge in [0.15, 0.2) is 27.9 Å². The van der Waals surface area contributed by atoms with Gasteiger partial charge in [0.2, 0.25) is 0 Å². The zero-order valence-corrected chi connectivity index (χ0v) is 32.2. The number of benzene rings is 1. The third kappa shape index (κ3) is 8.40. The SMILES string of the molecule is CC(C)(O/N=C(\C(=O)N[C@@H]1C(=O)N2C(C(=O)[O-])=C(C[N+]3(CCNC(=O)c4ccc(O)c(O)c4Cl)CCCC3)CS[C@H]12)c1csc(N)n1)C(=O)[O-].[Na+]. The molecule has 21 heteroatoms. The molecule has 2 aromatic rings. The van der Waals surface area contributed by atoms with E-state index in [0.29, 0.717) is 29.7 Å². The third-order valence-corrected chi connectivity index (χ3v) is 11.0. The summed E-state index contributed by atoms with van der Waals surface area (Å²) in [6, 6.07) is 1.28. The molecule has 2 fully saturated rings. The Balaban J connectivity index is 0.00000583. The minimum Gasteiger partial charge on any atom is -0.546 e. The Bertz CT molecular complexity index is 1810. The molecule has 3 aliphatic heterocycles. The summed E-state index contributed by atoms with van der Waals surface area (Å²) in [6.45, 7) is 4.61. The van der Waals surface area contributed by atoms with Crippen LogP contribution < -0.4 is 56.1 Å². The van der Waals surface area contributed by atoms with Crippen LogP contribution in [0.4, 0.5) is 5.13 Å². The zero-order valence-electron chi connectivity index (χ0n) is 27.8. The second-order valence-electron chi connectivity index (χ2n) is 12.4. The summed E-state index contributed by atoms with van der Waals surface area (Å²) in [4.78, 5) is 73.6. The molecule has 0 unspecified atom stereocenters. The molecule has 0 spiro atoms. The number of thiazole rings is 1. The number of halogens is 1. The van der Waals surface area contributed by atoms with Gasteiger partial charge in [0.1, 0.15) is 23.7 Å². The molecule has 17 nitrogen and oxygen atoms in total. The summed E-state index contributed by atoms with van der Waals surface area (Å²) >= 11 is 8.27. The average Bonchev–Trinajstić information content (AvgIpc) is 3.71. The predicted octanol–water partition coefficient (Wildman–Crippen LogP) is -4.51. The summed E-state index contributed by atoms with van der Waals surface area (Å²) in [5.74, 6) is -6.19. The van der Waals surface area contributed by atoms with Crippen molar-refractivity contribution in [3.63, 3.8) is 0 Å². The van der Waals surface area contributed by atoms with Crippen LogP contribution in [0.15, 0.2) is 33.9 Å². The molecule has 0 radical (unpaired) electrons. The molecule has 0 aliphatic carbocycles. The van der Waals surface area contributed by atoms with E-state index in [0.717, 1.165) is 35.1 Å². The Morgan fingerprint density at radius 1 is 1.22 bits per heavy atom. The number of likely N-dealkylation sites (tertiary alicyclic amines) is 1. The Morgan fingerprint density at radius 3 is 2.51 bits per heavy atom. The van der Waals surface area contributed by atoms with E-state index < -0.39 is 63.9 Å². The van der Waals surface area contributed by atoms with Crippen molar-refractivity contribution in [1.29, 1.82) is 0 Å².